The first kappa shape index (κ1) is 19.7. The highest BCUT2D eigenvalue weighted by Gasteiger charge is 2.54. The van der Waals surface area contributed by atoms with Crippen LogP contribution in [0, 0.1) is 11.8 Å². The molecule has 1 saturated heterocycles. The molecule has 2 aromatic rings. The number of ether oxygens (including phenoxy) is 1. The van der Waals surface area contributed by atoms with Crippen LogP contribution >= 0.6 is 0 Å². The van der Waals surface area contributed by atoms with Gasteiger partial charge < -0.3 is 20.7 Å². The van der Waals surface area contributed by atoms with Crippen LogP contribution in [0.15, 0.2) is 30.3 Å². The second-order valence-electron chi connectivity index (χ2n) is 8.43. The van der Waals surface area contributed by atoms with Crippen LogP contribution in [0.4, 0.5) is 5.69 Å². The maximum absolute atomic E-state index is 13.0. The highest BCUT2D eigenvalue weighted by Crippen LogP contribution is 2.44. The van der Waals surface area contributed by atoms with Gasteiger partial charge in [-0.15, -0.1) is 0 Å². The topological polar surface area (TPSA) is 109 Å². The number of benzene rings is 1. The van der Waals surface area contributed by atoms with Gasteiger partial charge in [-0.25, -0.2) is 4.98 Å². The lowest BCUT2D eigenvalue weighted by Crippen LogP contribution is -2.30. The van der Waals surface area contributed by atoms with Gasteiger partial charge in [0.05, 0.1) is 19.6 Å². The Bertz CT molecular complexity index is 1090. The monoisotopic (exact) mass is 420 g/mol. The molecule has 1 aliphatic carbocycles. The number of rotatable bonds is 5. The Morgan fingerprint density at radius 3 is 2.71 bits per heavy atom. The molecular formula is C23H24N4O4. The Kier molecular flexibility index (Phi) is 4.74. The van der Waals surface area contributed by atoms with Gasteiger partial charge in [-0.2, -0.15) is 0 Å². The summed E-state index contributed by atoms with van der Waals surface area (Å²) >= 11 is 0. The van der Waals surface area contributed by atoms with E-state index in [1.807, 2.05) is 25.1 Å². The van der Waals surface area contributed by atoms with Gasteiger partial charge in [0.2, 0.25) is 5.91 Å². The first-order valence-corrected chi connectivity index (χ1v) is 10.5. The molecule has 1 saturated carbocycles. The Morgan fingerprint density at radius 1 is 1.19 bits per heavy atom. The highest BCUT2D eigenvalue weighted by atomic mass is 16.5. The summed E-state index contributed by atoms with van der Waals surface area (Å²) in [6.45, 7) is 3.34. The summed E-state index contributed by atoms with van der Waals surface area (Å²) in [7, 11) is 1.53. The van der Waals surface area contributed by atoms with Crippen LogP contribution in [0.2, 0.25) is 0 Å². The number of nitrogens with zero attached hydrogens (tertiary/aromatic N) is 1. The minimum atomic E-state index is -0.352. The third-order valence-electron chi connectivity index (χ3n) is 6.55. The van der Waals surface area contributed by atoms with Crippen LogP contribution in [0.25, 0.3) is 0 Å². The van der Waals surface area contributed by atoms with Gasteiger partial charge in [-0.1, -0.05) is 19.1 Å². The fraction of sp³-hybridized carbons (Fsp3) is 0.391. The molecular weight excluding hydrogens is 396 g/mol. The van der Waals surface area contributed by atoms with Crippen molar-refractivity contribution < 1.29 is 19.1 Å². The second-order valence-corrected chi connectivity index (χ2v) is 8.43. The van der Waals surface area contributed by atoms with Gasteiger partial charge in [0.1, 0.15) is 5.69 Å². The molecule has 3 N–H and O–H groups in total. The minimum absolute atomic E-state index is 0.0410. The number of pyridine rings is 1. The van der Waals surface area contributed by atoms with E-state index >= 15 is 0 Å². The van der Waals surface area contributed by atoms with E-state index in [0.29, 0.717) is 42.7 Å². The average Bonchev–Trinajstić information content (AvgIpc) is 3.12. The fourth-order valence-electron chi connectivity index (χ4n) is 4.68. The molecule has 3 aliphatic rings. The number of fused-ring (bicyclic) bond motifs is 2. The largest absolute Gasteiger partial charge is 0.381 e. The summed E-state index contributed by atoms with van der Waals surface area (Å²) in [5.41, 5.74) is 3.90. The third-order valence-corrected chi connectivity index (χ3v) is 6.55. The van der Waals surface area contributed by atoms with Crippen molar-refractivity contribution in [2.75, 3.05) is 25.6 Å². The van der Waals surface area contributed by atoms with E-state index in [1.54, 1.807) is 6.07 Å². The number of nitrogens with one attached hydrogen (secondary N) is 3. The zero-order valence-electron chi connectivity index (χ0n) is 17.4. The van der Waals surface area contributed by atoms with Crippen molar-refractivity contribution in [3.8, 4) is 0 Å². The second kappa shape index (κ2) is 7.46. The number of hydrogen-bond donors (Lipinski definition) is 3. The number of carbonyl (C=O) groups is 3. The lowest BCUT2D eigenvalue weighted by atomic mass is 9.90. The van der Waals surface area contributed by atoms with Gasteiger partial charge in [-0.3, -0.25) is 14.4 Å². The van der Waals surface area contributed by atoms with Crippen molar-refractivity contribution in [2.45, 2.75) is 25.3 Å². The molecule has 2 aliphatic heterocycles. The molecule has 160 valence electrons. The Morgan fingerprint density at radius 2 is 1.97 bits per heavy atom. The first-order valence-electron chi connectivity index (χ1n) is 10.5. The Hall–Kier alpha value is -3.26. The van der Waals surface area contributed by atoms with E-state index in [4.69, 9.17) is 4.74 Å². The predicted octanol–water partition coefficient (Wildman–Crippen LogP) is 1.46. The zero-order chi connectivity index (χ0) is 21.7. The Balaban J connectivity index is 1.47. The standard InChI is InChI=1S/C23H24N4O4/c1-11(13-4-3-5-17-14(13)8-20(28)26-17)18-6-12(7-19(25-18)23(30)24-2)22(29)27-21-15-9-31-10-16(15)21/h3-7,11,15-16,21H,8-10H2,1-2H3,(H,24,30)(H,26,28)(H,27,29)/t11-,15-,16+,21?/m1/s1. The summed E-state index contributed by atoms with van der Waals surface area (Å²) in [5, 5.41) is 8.52. The molecule has 8 nitrogen and oxygen atoms in total. The van der Waals surface area contributed by atoms with Gasteiger partial charge >= 0.3 is 0 Å². The summed E-state index contributed by atoms with van der Waals surface area (Å²) in [6, 6.07) is 9.13. The van der Waals surface area contributed by atoms with Crippen molar-refractivity contribution in [3.63, 3.8) is 0 Å². The van der Waals surface area contributed by atoms with Crippen LogP contribution < -0.4 is 16.0 Å². The lowest BCUT2D eigenvalue weighted by molar-refractivity contribution is -0.115. The van der Waals surface area contributed by atoms with Crippen LogP contribution in [0.1, 0.15) is 50.5 Å². The summed E-state index contributed by atoms with van der Waals surface area (Å²) in [6.07, 6.45) is 0.310. The normalized spacial score (nSPS) is 24.1. The maximum atomic E-state index is 13.0. The first-order chi connectivity index (χ1) is 15.0. The van der Waals surface area contributed by atoms with E-state index in [2.05, 4.69) is 20.9 Å². The Labute approximate surface area is 179 Å². The molecule has 8 heteroatoms. The molecule has 2 fully saturated rings. The quantitative estimate of drug-likeness (QED) is 0.679. The minimum Gasteiger partial charge on any atom is -0.381 e. The van der Waals surface area contributed by atoms with E-state index in [9.17, 15) is 14.4 Å². The highest BCUT2D eigenvalue weighted by molar-refractivity contribution is 6.00. The van der Waals surface area contributed by atoms with E-state index < -0.39 is 0 Å². The summed E-state index contributed by atoms with van der Waals surface area (Å²) < 4.78 is 5.39. The molecule has 5 rings (SSSR count). The molecule has 1 aromatic heterocycles. The van der Waals surface area contributed by atoms with Gasteiger partial charge in [0, 0.05) is 47.8 Å². The van der Waals surface area contributed by atoms with E-state index in [0.717, 1.165) is 16.8 Å². The molecule has 4 atom stereocenters. The van der Waals surface area contributed by atoms with Crippen molar-refractivity contribution in [1.82, 2.24) is 15.6 Å². The average molecular weight is 420 g/mol. The summed E-state index contributed by atoms with van der Waals surface area (Å²) in [5.74, 6) is -0.0298. The number of anilines is 1. The molecule has 1 aromatic carbocycles. The van der Waals surface area contributed by atoms with Crippen molar-refractivity contribution in [1.29, 1.82) is 0 Å². The molecule has 3 amide bonds. The molecule has 0 radical (unpaired) electrons. The van der Waals surface area contributed by atoms with Crippen LogP contribution in [-0.2, 0) is 16.0 Å². The number of carbonyl (C=O) groups excluding carboxylic acids is 3. The van der Waals surface area contributed by atoms with Gasteiger partial charge in [0.15, 0.2) is 0 Å². The number of amides is 3. The third kappa shape index (κ3) is 3.46. The van der Waals surface area contributed by atoms with Crippen molar-refractivity contribution in [2.24, 2.45) is 11.8 Å². The molecule has 0 bridgehead atoms. The molecule has 1 unspecified atom stereocenters. The molecule has 0 spiro atoms. The van der Waals surface area contributed by atoms with E-state index in [1.165, 1.54) is 13.1 Å². The number of aromatic nitrogens is 1. The van der Waals surface area contributed by atoms with Gasteiger partial charge in [-0.05, 0) is 29.3 Å². The zero-order valence-corrected chi connectivity index (χ0v) is 17.4. The van der Waals surface area contributed by atoms with Crippen LogP contribution in [0.3, 0.4) is 0 Å². The van der Waals surface area contributed by atoms with Crippen molar-refractivity contribution >= 4 is 23.4 Å². The smallest absolute Gasteiger partial charge is 0.269 e. The van der Waals surface area contributed by atoms with Gasteiger partial charge in [0.25, 0.3) is 11.8 Å². The van der Waals surface area contributed by atoms with E-state index in [-0.39, 0.29) is 35.4 Å². The maximum Gasteiger partial charge on any atom is 0.269 e. The van der Waals surface area contributed by atoms with Crippen LogP contribution in [0.5, 0.6) is 0 Å². The summed E-state index contributed by atoms with van der Waals surface area (Å²) in [4.78, 5) is 41.7. The SMILES string of the molecule is CNC(=O)c1cc(C(=O)NC2[C@H]3COC[C@@H]23)cc([C@H](C)c2cccc3c2CC(=O)N3)n1. The predicted molar refractivity (Wildman–Crippen MR) is 113 cm³/mol. The lowest BCUT2D eigenvalue weighted by Gasteiger charge is -2.17. The molecule has 3 heterocycles. The van der Waals surface area contributed by atoms with Crippen LogP contribution in [-0.4, -0.2) is 49.0 Å². The fourth-order valence-corrected chi connectivity index (χ4v) is 4.68. The number of hydrogen-bond acceptors (Lipinski definition) is 5. The van der Waals surface area contributed by atoms with Crippen molar-refractivity contribution in [3.05, 3.63) is 58.4 Å². The molecule has 31 heavy (non-hydrogen) atoms.